The average Bonchev–Trinajstić information content (AvgIpc) is 2.56. The van der Waals surface area contributed by atoms with Crippen molar-refractivity contribution in [3.8, 4) is 0 Å². The summed E-state index contributed by atoms with van der Waals surface area (Å²) >= 11 is 6.24. The third-order valence-corrected chi connectivity index (χ3v) is 3.30. The first kappa shape index (κ1) is 15.5. The standard InChI is InChI=1S/C13H24ClN3O/c1-5-11-13(14)12(17(4)16-11)6-10(18)8-15-7-9(2)3/h9-10,15,18H,5-8H2,1-4H3. The Hall–Kier alpha value is -0.580. The Labute approximate surface area is 114 Å². The van der Waals surface area contributed by atoms with Crippen molar-refractivity contribution in [1.29, 1.82) is 0 Å². The number of rotatable bonds is 7. The molecule has 2 N–H and O–H groups in total. The fraction of sp³-hybridized carbons (Fsp3) is 0.769. The zero-order chi connectivity index (χ0) is 13.7. The van der Waals surface area contributed by atoms with Crippen molar-refractivity contribution in [2.24, 2.45) is 13.0 Å². The summed E-state index contributed by atoms with van der Waals surface area (Å²) in [5, 5.41) is 18.3. The SMILES string of the molecule is CCc1nn(C)c(CC(O)CNCC(C)C)c1Cl. The number of aromatic nitrogens is 2. The maximum absolute atomic E-state index is 9.98. The van der Waals surface area contributed by atoms with E-state index in [9.17, 15) is 5.11 Å². The summed E-state index contributed by atoms with van der Waals surface area (Å²) in [6.07, 6.45) is 0.920. The molecule has 1 unspecified atom stereocenters. The van der Waals surface area contributed by atoms with Crippen LogP contribution in [-0.4, -0.2) is 34.1 Å². The number of nitrogens with one attached hydrogen (secondary N) is 1. The van der Waals surface area contributed by atoms with Gasteiger partial charge in [0.05, 0.1) is 22.5 Å². The minimum Gasteiger partial charge on any atom is -0.391 e. The van der Waals surface area contributed by atoms with Crippen molar-refractivity contribution in [2.45, 2.75) is 39.7 Å². The summed E-state index contributed by atoms with van der Waals surface area (Å²) in [7, 11) is 1.87. The van der Waals surface area contributed by atoms with Gasteiger partial charge in [-0.2, -0.15) is 5.10 Å². The fourth-order valence-electron chi connectivity index (χ4n) is 1.88. The lowest BCUT2D eigenvalue weighted by Crippen LogP contribution is -2.31. The van der Waals surface area contributed by atoms with E-state index in [1.54, 1.807) is 4.68 Å². The highest BCUT2D eigenvalue weighted by molar-refractivity contribution is 6.31. The van der Waals surface area contributed by atoms with Gasteiger partial charge in [-0.05, 0) is 18.9 Å². The molecule has 1 aromatic rings. The molecular weight excluding hydrogens is 250 g/mol. The van der Waals surface area contributed by atoms with Crippen LogP contribution in [0.4, 0.5) is 0 Å². The van der Waals surface area contributed by atoms with Crippen molar-refractivity contribution in [3.05, 3.63) is 16.4 Å². The van der Waals surface area contributed by atoms with E-state index in [0.717, 1.165) is 24.4 Å². The van der Waals surface area contributed by atoms with Crippen LogP contribution < -0.4 is 5.32 Å². The van der Waals surface area contributed by atoms with Gasteiger partial charge in [0, 0.05) is 20.0 Å². The van der Waals surface area contributed by atoms with Gasteiger partial charge in [-0.15, -0.1) is 0 Å². The predicted octanol–water partition coefficient (Wildman–Crippen LogP) is 1.78. The number of halogens is 1. The van der Waals surface area contributed by atoms with Crippen LogP contribution in [0.15, 0.2) is 0 Å². The monoisotopic (exact) mass is 273 g/mol. The van der Waals surface area contributed by atoms with Crippen LogP contribution in [0.5, 0.6) is 0 Å². The molecule has 18 heavy (non-hydrogen) atoms. The molecule has 1 aromatic heterocycles. The molecule has 0 aliphatic carbocycles. The van der Waals surface area contributed by atoms with E-state index in [4.69, 9.17) is 11.6 Å². The third kappa shape index (κ3) is 4.26. The molecule has 0 aliphatic rings. The number of nitrogens with zero attached hydrogens (tertiary/aromatic N) is 2. The molecule has 4 nitrogen and oxygen atoms in total. The molecule has 0 bridgehead atoms. The first-order chi connectivity index (χ1) is 8.45. The second-order valence-corrected chi connectivity index (χ2v) is 5.47. The quantitative estimate of drug-likeness (QED) is 0.796. The summed E-state index contributed by atoms with van der Waals surface area (Å²) in [6.45, 7) is 7.81. The molecule has 0 saturated carbocycles. The van der Waals surface area contributed by atoms with Crippen LogP contribution in [0.25, 0.3) is 0 Å². The Morgan fingerprint density at radius 2 is 2.06 bits per heavy atom. The number of aliphatic hydroxyl groups is 1. The second-order valence-electron chi connectivity index (χ2n) is 5.09. The van der Waals surface area contributed by atoms with Crippen LogP contribution in [0.3, 0.4) is 0 Å². The van der Waals surface area contributed by atoms with Gasteiger partial charge >= 0.3 is 0 Å². The number of hydrogen-bond acceptors (Lipinski definition) is 3. The van der Waals surface area contributed by atoms with Crippen LogP contribution in [0, 0.1) is 5.92 Å². The van der Waals surface area contributed by atoms with E-state index >= 15 is 0 Å². The van der Waals surface area contributed by atoms with Gasteiger partial charge in [0.2, 0.25) is 0 Å². The fourth-order valence-corrected chi connectivity index (χ4v) is 2.25. The van der Waals surface area contributed by atoms with Gasteiger partial charge in [-0.3, -0.25) is 4.68 Å². The summed E-state index contributed by atoms with van der Waals surface area (Å²) in [4.78, 5) is 0. The summed E-state index contributed by atoms with van der Waals surface area (Å²) in [6, 6.07) is 0. The zero-order valence-electron chi connectivity index (χ0n) is 11.7. The summed E-state index contributed by atoms with van der Waals surface area (Å²) in [5.41, 5.74) is 1.81. The molecule has 1 heterocycles. The van der Waals surface area contributed by atoms with E-state index in [1.165, 1.54) is 0 Å². The van der Waals surface area contributed by atoms with Gasteiger partial charge in [-0.1, -0.05) is 32.4 Å². The molecule has 5 heteroatoms. The van der Waals surface area contributed by atoms with Gasteiger partial charge in [0.25, 0.3) is 0 Å². The van der Waals surface area contributed by atoms with Crippen molar-refractivity contribution >= 4 is 11.6 Å². The average molecular weight is 274 g/mol. The molecule has 1 atom stereocenters. The Kier molecular flexibility index (Phi) is 6.12. The third-order valence-electron chi connectivity index (χ3n) is 2.86. The second kappa shape index (κ2) is 7.12. The lowest BCUT2D eigenvalue weighted by molar-refractivity contribution is 0.168. The minimum absolute atomic E-state index is 0.429. The topological polar surface area (TPSA) is 50.1 Å². The highest BCUT2D eigenvalue weighted by Gasteiger charge is 2.16. The lowest BCUT2D eigenvalue weighted by Gasteiger charge is -2.13. The molecule has 0 amide bonds. The van der Waals surface area contributed by atoms with Gasteiger partial charge < -0.3 is 10.4 Å². The Morgan fingerprint density at radius 1 is 1.39 bits per heavy atom. The lowest BCUT2D eigenvalue weighted by atomic mass is 10.1. The van der Waals surface area contributed by atoms with Crippen molar-refractivity contribution in [2.75, 3.05) is 13.1 Å². The number of aryl methyl sites for hydroxylation is 2. The molecule has 0 fully saturated rings. The normalized spacial score (nSPS) is 13.3. The van der Waals surface area contributed by atoms with Crippen molar-refractivity contribution in [1.82, 2.24) is 15.1 Å². The van der Waals surface area contributed by atoms with E-state index in [0.29, 0.717) is 23.9 Å². The zero-order valence-corrected chi connectivity index (χ0v) is 12.5. The Bertz CT molecular complexity index is 377. The van der Waals surface area contributed by atoms with E-state index in [-0.39, 0.29) is 0 Å². The van der Waals surface area contributed by atoms with Gasteiger partial charge in [0.1, 0.15) is 0 Å². The van der Waals surface area contributed by atoms with Crippen LogP contribution in [-0.2, 0) is 19.9 Å². The molecular formula is C13H24ClN3O. The maximum atomic E-state index is 9.98. The molecule has 0 aliphatic heterocycles. The molecule has 1 rings (SSSR count). The number of aliphatic hydroxyl groups excluding tert-OH is 1. The highest BCUT2D eigenvalue weighted by Crippen LogP contribution is 2.21. The largest absolute Gasteiger partial charge is 0.391 e. The van der Waals surface area contributed by atoms with Crippen molar-refractivity contribution < 1.29 is 5.11 Å². The summed E-state index contributed by atoms with van der Waals surface area (Å²) < 4.78 is 1.77. The highest BCUT2D eigenvalue weighted by atomic mass is 35.5. The van der Waals surface area contributed by atoms with Crippen LogP contribution in [0.1, 0.15) is 32.2 Å². The van der Waals surface area contributed by atoms with Gasteiger partial charge in [-0.25, -0.2) is 0 Å². The Morgan fingerprint density at radius 3 is 2.56 bits per heavy atom. The van der Waals surface area contributed by atoms with E-state index < -0.39 is 6.10 Å². The summed E-state index contributed by atoms with van der Waals surface area (Å²) in [5.74, 6) is 0.587. The minimum atomic E-state index is -0.429. The molecule has 0 saturated heterocycles. The van der Waals surface area contributed by atoms with E-state index in [2.05, 4.69) is 24.3 Å². The first-order valence-corrected chi connectivity index (χ1v) is 6.92. The van der Waals surface area contributed by atoms with Gasteiger partial charge in [0.15, 0.2) is 0 Å². The first-order valence-electron chi connectivity index (χ1n) is 6.54. The molecule has 0 radical (unpaired) electrons. The molecule has 0 spiro atoms. The Balaban J connectivity index is 2.53. The van der Waals surface area contributed by atoms with Crippen LogP contribution in [0.2, 0.25) is 5.02 Å². The van der Waals surface area contributed by atoms with Crippen LogP contribution >= 0.6 is 11.6 Å². The molecule has 0 aromatic carbocycles. The smallest absolute Gasteiger partial charge is 0.0850 e. The maximum Gasteiger partial charge on any atom is 0.0850 e. The predicted molar refractivity (Wildman–Crippen MR) is 75.0 cm³/mol. The van der Waals surface area contributed by atoms with E-state index in [1.807, 2.05) is 14.0 Å². The molecule has 104 valence electrons. The number of hydrogen-bond donors (Lipinski definition) is 2. The van der Waals surface area contributed by atoms with Crippen molar-refractivity contribution in [3.63, 3.8) is 0 Å².